The molecule has 5 nitrogen and oxygen atoms in total. The van der Waals surface area contributed by atoms with E-state index in [1.807, 2.05) is 0 Å². The number of amides is 1. The van der Waals surface area contributed by atoms with Gasteiger partial charge in [-0.25, -0.2) is 10.4 Å². The molecule has 4 saturated carbocycles. The molecule has 0 spiro atoms. The van der Waals surface area contributed by atoms with Crippen LogP contribution < -0.4 is 10.4 Å². The normalized spacial score (nSPS) is 43.7. The van der Waals surface area contributed by atoms with Crippen molar-refractivity contribution in [3.05, 3.63) is 30.1 Å². The monoisotopic (exact) mass is 438 g/mol. The summed E-state index contributed by atoms with van der Waals surface area (Å²) in [5, 5.41) is 14.9. The number of hydrogen-bond acceptors (Lipinski definition) is 3. The van der Waals surface area contributed by atoms with Crippen molar-refractivity contribution < 1.29 is 14.9 Å². The highest BCUT2D eigenvalue weighted by molar-refractivity contribution is 5.95. The molecule has 1 amide bonds. The van der Waals surface area contributed by atoms with E-state index >= 15 is 0 Å². The van der Waals surface area contributed by atoms with Gasteiger partial charge < -0.3 is 5.11 Å². The Kier molecular flexibility index (Phi) is 5.68. The van der Waals surface area contributed by atoms with Gasteiger partial charge in [0, 0.05) is 23.8 Å². The number of aliphatic hydroxyl groups is 1. The summed E-state index contributed by atoms with van der Waals surface area (Å²) in [6.07, 6.45) is 14.4. The van der Waals surface area contributed by atoms with Gasteiger partial charge in [-0.2, -0.15) is 5.10 Å². The molecule has 0 aromatic carbocycles. The number of carbonyl (C=O) groups is 1. The zero-order valence-electron chi connectivity index (χ0n) is 19.9. The van der Waals surface area contributed by atoms with Crippen molar-refractivity contribution in [1.29, 1.82) is 0 Å². The highest BCUT2D eigenvalue weighted by atomic mass is 16.3. The zero-order chi connectivity index (χ0) is 22.5. The van der Waals surface area contributed by atoms with Crippen LogP contribution in [0.3, 0.4) is 0 Å². The van der Waals surface area contributed by atoms with Crippen molar-refractivity contribution in [2.75, 3.05) is 0 Å². The molecule has 8 unspecified atom stereocenters. The van der Waals surface area contributed by atoms with Gasteiger partial charge in [0.05, 0.1) is 11.7 Å². The Balaban J connectivity index is 1.31. The lowest BCUT2D eigenvalue weighted by Gasteiger charge is -2.61. The molecule has 4 aliphatic carbocycles. The molecule has 5 rings (SSSR count). The van der Waals surface area contributed by atoms with Crippen LogP contribution in [0.2, 0.25) is 0 Å². The number of hydrogen-bond donors (Lipinski definition) is 2. The van der Waals surface area contributed by atoms with E-state index in [4.69, 9.17) is 0 Å². The van der Waals surface area contributed by atoms with Crippen LogP contribution in [0.1, 0.15) is 88.9 Å². The third-order valence-electron chi connectivity index (χ3n) is 10.5. The lowest BCUT2D eigenvalue weighted by atomic mass is 9.44. The number of H-pyrrole nitrogens is 1. The summed E-state index contributed by atoms with van der Waals surface area (Å²) in [5.41, 5.74) is 5.23. The molecule has 1 aromatic heterocycles. The predicted octanol–water partition coefficient (Wildman–Crippen LogP) is 4.63. The number of hydrazone groups is 1. The molecular formula is C27H40N3O2+. The van der Waals surface area contributed by atoms with Crippen LogP contribution in [0.15, 0.2) is 29.6 Å². The molecule has 0 radical (unpaired) electrons. The highest BCUT2D eigenvalue weighted by Crippen LogP contribution is 2.67. The van der Waals surface area contributed by atoms with E-state index in [1.165, 1.54) is 44.9 Å². The SMILES string of the molecule is CC(=NNC(=O)c1cc[nH+]cc1)C1CCC2C3CCC4CC(O)CCC4(C)C3CCC12C. The fourth-order valence-corrected chi connectivity index (χ4v) is 8.74. The highest BCUT2D eigenvalue weighted by Gasteiger charge is 2.60. The van der Waals surface area contributed by atoms with E-state index in [2.05, 4.69) is 36.3 Å². The Morgan fingerprint density at radius 2 is 1.75 bits per heavy atom. The summed E-state index contributed by atoms with van der Waals surface area (Å²) in [5.74, 6) is 3.42. The summed E-state index contributed by atoms with van der Waals surface area (Å²) in [4.78, 5) is 15.4. The molecule has 0 aliphatic heterocycles. The standard InChI is InChI=1S/C27H39N3O2/c1-17(29-30-25(32)18-10-14-28-15-11-18)22-6-7-23-21-5-4-19-16-20(31)8-12-26(19,2)24(21)9-13-27(22,23)3/h10-11,14-15,19-24,31H,4-9,12-13,16H2,1-3H3,(H,30,32)/p+1. The molecule has 3 N–H and O–H groups in total. The summed E-state index contributed by atoms with van der Waals surface area (Å²) in [7, 11) is 0. The molecule has 0 saturated heterocycles. The molecule has 4 fully saturated rings. The van der Waals surface area contributed by atoms with E-state index in [0.29, 0.717) is 28.2 Å². The van der Waals surface area contributed by atoms with Crippen molar-refractivity contribution in [3.63, 3.8) is 0 Å². The summed E-state index contributed by atoms with van der Waals surface area (Å²) < 4.78 is 0. The van der Waals surface area contributed by atoms with Gasteiger partial charge in [-0.15, -0.1) is 0 Å². The van der Waals surface area contributed by atoms with Crippen LogP contribution in [0, 0.1) is 40.4 Å². The van der Waals surface area contributed by atoms with E-state index in [-0.39, 0.29) is 12.0 Å². The number of nitrogens with one attached hydrogen (secondary N) is 2. The Labute approximate surface area is 192 Å². The van der Waals surface area contributed by atoms with Crippen molar-refractivity contribution >= 4 is 11.6 Å². The maximum atomic E-state index is 12.5. The van der Waals surface area contributed by atoms with Crippen LogP contribution in [-0.4, -0.2) is 22.8 Å². The van der Waals surface area contributed by atoms with E-state index in [9.17, 15) is 9.90 Å². The number of pyridine rings is 1. The Hall–Kier alpha value is -1.75. The minimum Gasteiger partial charge on any atom is -0.393 e. The summed E-state index contributed by atoms with van der Waals surface area (Å²) in [6.45, 7) is 7.18. The van der Waals surface area contributed by atoms with Crippen LogP contribution in [-0.2, 0) is 0 Å². The third-order valence-corrected chi connectivity index (χ3v) is 10.5. The molecule has 1 aromatic rings. The minimum absolute atomic E-state index is 0.0718. The van der Waals surface area contributed by atoms with Gasteiger partial charge in [-0.1, -0.05) is 13.8 Å². The van der Waals surface area contributed by atoms with Gasteiger partial charge in [0.15, 0.2) is 12.4 Å². The summed E-state index contributed by atoms with van der Waals surface area (Å²) >= 11 is 0. The van der Waals surface area contributed by atoms with Crippen LogP contribution in [0.4, 0.5) is 0 Å². The number of aliphatic hydroxyl groups excluding tert-OH is 1. The van der Waals surface area contributed by atoms with Gasteiger partial charge in [0.2, 0.25) is 0 Å². The van der Waals surface area contributed by atoms with Gasteiger partial charge in [-0.3, -0.25) is 4.79 Å². The number of carbonyl (C=O) groups excluding carboxylic acids is 1. The minimum atomic E-state index is -0.146. The molecule has 4 aliphatic rings. The fourth-order valence-electron chi connectivity index (χ4n) is 8.74. The maximum absolute atomic E-state index is 12.5. The van der Waals surface area contributed by atoms with Crippen molar-refractivity contribution in [2.45, 2.75) is 84.7 Å². The lowest BCUT2D eigenvalue weighted by Crippen LogP contribution is -2.54. The van der Waals surface area contributed by atoms with Crippen molar-refractivity contribution in [3.8, 4) is 0 Å². The average molecular weight is 439 g/mol. The Morgan fingerprint density at radius 1 is 1.03 bits per heavy atom. The van der Waals surface area contributed by atoms with Crippen LogP contribution in [0.25, 0.3) is 0 Å². The van der Waals surface area contributed by atoms with Gasteiger partial charge >= 0.3 is 0 Å². The molecule has 32 heavy (non-hydrogen) atoms. The first-order chi connectivity index (χ1) is 15.3. The van der Waals surface area contributed by atoms with Crippen LogP contribution in [0.5, 0.6) is 0 Å². The first-order valence-corrected chi connectivity index (χ1v) is 12.8. The molecule has 174 valence electrons. The maximum Gasteiger partial charge on any atom is 0.271 e. The first kappa shape index (κ1) is 22.1. The number of aromatic amines is 1. The van der Waals surface area contributed by atoms with Gasteiger partial charge in [0.1, 0.15) is 0 Å². The number of nitrogens with zero attached hydrogens (tertiary/aromatic N) is 1. The van der Waals surface area contributed by atoms with Crippen molar-refractivity contribution in [2.24, 2.45) is 45.5 Å². The summed E-state index contributed by atoms with van der Waals surface area (Å²) in [6, 6.07) is 3.55. The third kappa shape index (κ3) is 3.52. The van der Waals surface area contributed by atoms with E-state index < -0.39 is 0 Å². The second kappa shape index (κ2) is 8.23. The zero-order valence-corrected chi connectivity index (χ0v) is 19.9. The number of aromatic nitrogens is 1. The Bertz CT molecular complexity index is 886. The molecule has 1 heterocycles. The number of fused-ring (bicyclic) bond motifs is 5. The van der Waals surface area contributed by atoms with E-state index in [1.54, 1.807) is 24.5 Å². The van der Waals surface area contributed by atoms with Gasteiger partial charge in [-0.05, 0) is 99.2 Å². The fraction of sp³-hybridized carbons (Fsp3) is 0.741. The van der Waals surface area contributed by atoms with Crippen LogP contribution >= 0.6 is 0 Å². The topological polar surface area (TPSA) is 75.8 Å². The molecular weight excluding hydrogens is 398 g/mol. The Morgan fingerprint density at radius 3 is 2.53 bits per heavy atom. The molecule has 0 bridgehead atoms. The molecule has 8 atom stereocenters. The van der Waals surface area contributed by atoms with Crippen molar-refractivity contribution in [1.82, 2.24) is 5.43 Å². The first-order valence-electron chi connectivity index (χ1n) is 12.8. The van der Waals surface area contributed by atoms with E-state index in [0.717, 1.165) is 36.3 Å². The second-order valence-electron chi connectivity index (χ2n) is 11.7. The molecule has 5 heteroatoms. The predicted molar refractivity (Wildman–Crippen MR) is 125 cm³/mol. The number of rotatable bonds is 3. The second-order valence-corrected chi connectivity index (χ2v) is 11.7. The van der Waals surface area contributed by atoms with Gasteiger partial charge in [0.25, 0.3) is 5.91 Å². The largest absolute Gasteiger partial charge is 0.393 e. The smallest absolute Gasteiger partial charge is 0.271 e. The quantitative estimate of drug-likeness (QED) is 0.533. The average Bonchev–Trinajstić information content (AvgIpc) is 3.15. The lowest BCUT2D eigenvalue weighted by molar-refractivity contribution is -0.378.